The molecule has 0 atom stereocenters. The largest absolute Gasteiger partial charge is 0.489 e. The number of rotatable bonds is 5. The maximum atomic E-state index is 13.1. The quantitative estimate of drug-likeness (QED) is 0.579. The first-order valence-electron chi connectivity index (χ1n) is 7.76. The van der Waals surface area contributed by atoms with Crippen LogP contribution in [-0.4, -0.2) is 12.6 Å². The molecule has 0 aliphatic rings. The highest BCUT2D eigenvalue weighted by molar-refractivity contribution is 6.31. The molecular formula is C19H16ClFO4. The summed E-state index contributed by atoms with van der Waals surface area (Å²) in [5.41, 5.74) is 1.63. The Morgan fingerprint density at radius 3 is 2.76 bits per heavy atom. The summed E-state index contributed by atoms with van der Waals surface area (Å²) in [5, 5.41) is 0.922. The van der Waals surface area contributed by atoms with E-state index in [-0.39, 0.29) is 13.2 Å². The summed E-state index contributed by atoms with van der Waals surface area (Å²) in [6, 6.07) is 9.32. The molecule has 0 bridgehead atoms. The fraction of sp³-hybridized carbons (Fsp3) is 0.211. The average molecular weight is 363 g/mol. The predicted octanol–water partition coefficient (Wildman–Crippen LogP) is 5.29. The Kier molecular flexibility index (Phi) is 4.95. The third-order valence-electron chi connectivity index (χ3n) is 3.72. The maximum absolute atomic E-state index is 13.1. The van der Waals surface area contributed by atoms with E-state index in [9.17, 15) is 9.18 Å². The van der Waals surface area contributed by atoms with E-state index in [4.69, 9.17) is 25.5 Å². The van der Waals surface area contributed by atoms with Crippen LogP contribution in [0.5, 0.6) is 5.75 Å². The zero-order valence-corrected chi connectivity index (χ0v) is 14.5. The Morgan fingerprint density at radius 2 is 2.04 bits per heavy atom. The molecular weight excluding hydrogens is 347 g/mol. The molecule has 3 aromatic rings. The number of fused-ring (bicyclic) bond motifs is 1. The van der Waals surface area contributed by atoms with Crippen LogP contribution in [0.4, 0.5) is 4.39 Å². The van der Waals surface area contributed by atoms with Gasteiger partial charge in [-0.1, -0.05) is 17.7 Å². The summed E-state index contributed by atoms with van der Waals surface area (Å²) >= 11 is 6.00. The lowest BCUT2D eigenvalue weighted by molar-refractivity contribution is 0.0526. The van der Waals surface area contributed by atoms with Crippen molar-refractivity contribution in [2.45, 2.75) is 20.5 Å². The van der Waals surface area contributed by atoms with Crippen LogP contribution in [0.2, 0.25) is 5.02 Å². The van der Waals surface area contributed by atoms with Crippen molar-refractivity contribution in [1.29, 1.82) is 0 Å². The van der Waals surface area contributed by atoms with Crippen LogP contribution in [0.25, 0.3) is 11.0 Å². The van der Waals surface area contributed by atoms with Gasteiger partial charge in [-0.3, -0.25) is 0 Å². The number of hydrogen-bond donors (Lipinski definition) is 0. The molecule has 130 valence electrons. The number of halogens is 2. The Hall–Kier alpha value is -2.53. The second-order valence-corrected chi connectivity index (χ2v) is 5.84. The van der Waals surface area contributed by atoms with E-state index in [0.29, 0.717) is 38.6 Å². The maximum Gasteiger partial charge on any atom is 0.342 e. The first-order valence-corrected chi connectivity index (χ1v) is 8.14. The van der Waals surface area contributed by atoms with Gasteiger partial charge in [0.2, 0.25) is 0 Å². The highest BCUT2D eigenvalue weighted by atomic mass is 35.5. The van der Waals surface area contributed by atoms with Crippen molar-refractivity contribution in [3.63, 3.8) is 0 Å². The van der Waals surface area contributed by atoms with E-state index < -0.39 is 11.8 Å². The van der Waals surface area contributed by atoms with Gasteiger partial charge in [-0.25, -0.2) is 9.18 Å². The fourth-order valence-corrected chi connectivity index (χ4v) is 2.77. The minimum atomic E-state index is -0.433. The van der Waals surface area contributed by atoms with Crippen molar-refractivity contribution in [3.05, 3.63) is 64.1 Å². The highest BCUT2D eigenvalue weighted by Gasteiger charge is 2.19. The molecule has 0 saturated heterocycles. The molecule has 0 spiro atoms. The fourth-order valence-electron chi connectivity index (χ4n) is 2.55. The second kappa shape index (κ2) is 7.15. The van der Waals surface area contributed by atoms with Crippen molar-refractivity contribution in [1.82, 2.24) is 0 Å². The standard InChI is InChI=1S/C19H16ClFO4/c1-3-23-19(22)18-11(2)25-17-7-6-14(9-15(17)18)24-10-12-4-5-13(21)8-16(12)20/h4-9H,3,10H2,1-2H3. The Bertz CT molecular complexity index is 933. The van der Waals surface area contributed by atoms with Crippen molar-refractivity contribution in [3.8, 4) is 5.75 Å². The number of esters is 1. The van der Waals surface area contributed by atoms with E-state index in [1.807, 2.05) is 0 Å². The van der Waals surface area contributed by atoms with Gasteiger partial charge < -0.3 is 13.9 Å². The normalized spacial score (nSPS) is 10.9. The van der Waals surface area contributed by atoms with E-state index >= 15 is 0 Å². The smallest absolute Gasteiger partial charge is 0.342 e. The molecule has 25 heavy (non-hydrogen) atoms. The molecule has 0 fully saturated rings. The van der Waals surface area contributed by atoms with E-state index in [1.165, 1.54) is 12.1 Å². The Labute approximate surface area is 149 Å². The Morgan fingerprint density at radius 1 is 1.24 bits per heavy atom. The molecule has 0 saturated carbocycles. The number of benzene rings is 2. The summed E-state index contributed by atoms with van der Waals surface area (Å²) in [4.78, 5) is 12.1. The molecule has 1 heterocycles. The van der Waals surface area contributed by atoms with Crippen LogP contribution in [-0.2, 0) is 11.3 Å². The lowest BCUT2D eigenvalue weighted by Gasteiger charge is -2.08. The van der Waals surface area contributed by atoms with Gasteiger partial charge in [-0.05, 0) is 44.2 Å². The minimum Gasteiger partial charge on any atom is -0.489 e. The van der Waals surface area contributed by atoms with Gasteiger partial charge in [-0.2, -0.15) is 0 Å². The summed E-state index contributed by atoms with van der Waals surface area (Å²) in [7, 11) is 0. The molecule has 1 aromatic heterocycles. The van der Waals surface area contributed by atoms with E-state index in [2.05, 4.69) is 0 Å². The van der Waals surface area contributed by atoms with Gasteiger partial charge in [0.05, 0.1) is 11.6 Å². The molecule has 2 aromatic carbocycles. The van der Waals surface area contributed by atoms with Crippen LogP contribution in [0.1, 0.15) is 28.6 Å². The molecule has 0 amide bonds. The minimum absolute atomic E-state index is 0.177. The Balaban J connectivity index is 1.87. The van der Waals surface area contributed by atoms with Gasteiger partial charge in [0, 0.05) is 10.9 Å². The van der Waals surface area contributed by atoms with Crippen LogP contribution in [0, 0.1) is 12.7 Å². The van der Waals surface area contributed by atoms with Gasteiger partial charge in [0.25, 0.3) is 0 Å². The molecule has 0 aliphatic heterocycles. The number of carbonyl (C=O) groups excluding carboxylic acids is 1. The van der Waals surface area contributed by atoms with Gasteiger partial charge in [0.15, 0.2) is 0 Å². The number of carbonyl (C=O) groups is 1. The average Bonchev–Trinajstić information content (AvgIpc) is 2.89. The second-order valence-electron chi connectivity index (χ2n) is 5.44. The zero-order valence-electron chi connectivity index (χ0n) is 13.8. The van der Waals surface area contributed by atoms with Crippen molar-refractivity contribution < 1.29 is 23.1 Å². The lowest BCUT2D eigenvalue weighted by atomic mass is 10.1. The summed E-state index contributed by atoms with van der Waals surface area (Å²) in [5.74, 6) is 0.201. The molecule has 4 nitrogen and oxygen atoms in total. The van der Waals surface area contributed by atoms with Gasteiger partial charge >= 0.3 is 5.97 Å². The summed E-state index contributed by atoms with van der Waals surface area (Å²) < 4.78 is 29.5. The third-order valence-corrected chi connectivity index (χ3v) is 4.08. The molecule has 0 N–H and O–H groups in total. The molecule has 6 heteroatoms. The zero-order chi connectivity index (χ0) is 18.0. The third kappa shape index (κ3) is 3.61. The summed E-state index contributed by atoms with van der Waals surface area (Å²) in [6.45, 7) is 3.92. The van der Waals surface area contributed by atoms with E-state index in [1.54, 1.807) is 38.1 Å². The molecule has 3 rings (SSSR count). The number of aryl methyl sites for hydroxylation is 1. The van der Waals surface area contributed by atoms with Crippen molar-refractivity contribution in [2.75, 3.05) is 6.61 Å². The van der Waals surface area contributed by atoms with Crippen LogP contribution >= 0.6 is 11.6 Å². The summed E-state index contributed by atoms with van der Waals surface area (Å²) in [6.07, 6.45) is 0. The topological polar surface area (TPSA) is 48.7 Å². The molecule has 0 radical (unpaired) electrons. The van der Waals surface area contributed by atoms with Crippen LogP contribution < -0.4 is 4.74 Å². The van der Waals surface area contributed by atoms with E-state index in [0.717, 1.165) is 0 Å². The molecule has 0 unspecified atom stereocenters. The van der Waals surface area contributed by atoms with Gasteiger partial charge in [-0.15, -0.1) is 0 Å². The van der Waals surface area contributed by atoms with Crippen molar-refractivity contribution >= 4 is 28.5 Å². The predicted molar refractivity (Wildman–Crippen MR) is 92.6 cm³/mol. The number of furan rings is 1. The first-order chi connectivity index (χ1) is 12.0. The lowest BCUT2D eigenvalue weighted by Crippen LogP contribution is -2.05. The van der Waals surface area contributed by atoms with Gasteiger partial charge in [0.1, 0.15) is 35.1 Å². The van der Waals surface area contributed by atoms with Crippen LogP contribution in [0.15, 0.2) is 40.8 Å². The SMILES string of the molecule is CCOC(=O)c1c(C)oc2ccc(OCc3ccc(F)cc3Cl)cc12. The van der Waals surface area contributed by atoms with Crippen LogP contribution in [0.3, 0.4) is 0 Å². The number of hydrogen-bond acceptors (Lipinski definition) is 4. The van der Waals surface area contributed by atoms with Crippen molar-refractivity contribution in [2.24, 2.45) is 0 Å². The number of ether oxygens (including phenoxy) is 2. The first kappa shape index (κ1) is 17.3. The monoisotopic (exact) mass is 362 g/mol. The molecule has 0 aliphatic carbocycles. The highest BCUT2D eigenvalue weighted by Crippen LogP contribution is 2.30.